The molecule has 1 N–H and O–H groups in total. The molecule has 1 heterocycles. The van der Waals surface area contributed by atoms with Crippen LogP contribution in [0.4, 0.5) is 5.82 Å². The highest BCUT2D eigenvalue weighted by atomic mass is 32.2. The van der Waals surface area contributed by atoms with E-state index in [1.807, 2.05) is 11.8 Å². The molecule has 1 rings (SSSR count). The second kappa shape index (κ2) is 7.64. The first-order chi connectivity index (χ1) is 8.52. The maximum absolute atomic E-state index is 4.60. The number of hydrogen-bond acceptors (Lipinski definition) is 4. The predicted octanol–water partition coefficient (Wildman–Crippen LogP) is 2.69. The van der Waals surface area contributed by atoms with E-state index in [0.717, 1.165) is 30.4 Å². The van der Waals surface area contributed by atoms with Gasteiger partial charge in [-0.15, -0.1) is 0 Å². The zero-order valence-electron chi connectivity index (χ0n) is 12.2. The van der Waals surface area contributed by atoms with Crippen LogP contribution in [0.3, 0.4) is 0 Å². The van der Waals surface area contributed by atoms with Crippen molar-refractivity contribution in [1.29, 1.82) is 0 Å². The van der Waals surface area contributed by atoms with E-state index in [9.17, 15) is 0 Å². The maximum Gasteiger partial charge on any atom is 0.128 e. The van der Waals surface area contributed by atoms with E-state index in [4.69, 9.17) is 0 Å². The summed E-state index contributed by atoms with van der Waals surface area (Å²) in [6.07, 6.45) is 2.13. The van der Waals surface area contributed by atoms with Gasteiger partial charge in [0.2, 0.25) is 0 Å². The van der Waals surface area contributed by atoms with Crippen LogP contribution in [0.15, 0.2) is 12.1 Å². The largest absolute Gasteiger partial charge is 0.359 e. The SMILES string of the molecule is CSCCN(C)c1cc(CNC(C)C)cc(C)n1. The van der Waals surface area contributed by atoms with E-state index in [-0.39, 0.29) is 0 Å². The van der Waals surface area contributed by atoms with Gasteiger partial charge in [0, 0.05) is 37.6 Å². The van der Waals surface area contributed by atoms with E-state index in [1.54, 1.807) is 0 Å². The van der Waals surface area contributed by atoms with Crippen LogP contribution < -0.4 is 10.2 Å². The lowest BCUT2D eigenvalue weighted by atomic mass is 10.2. The quantitative estimate of drug-likeness (QED) is 0.822. The van der Waals surface area contributed by atoms with Crippen LogP contribution in [0.2, 0.25) is 0 Å². The van der Waals surface area contributed by atoms with E-state index in [0.29, 0.717) is 6.04 Å². The van der Waals surface area contributed by atoms with Gasteiger partial charge >= 0.3 is 0 Å². The normalized spacial score (nSPS) is 11.0. The molecular weight excluding hydrogens is 242 g/mol. The van der Waals surface area contributed by atoms with E-state index in [2.05, 4.69) is 61.4 Å². The molecule has 0 bridgehead atoms. The Morgan fingerprint density at radius 1 is 1.39 bits per heavy atom. The number of anilines is 1. The minimum absolute atomic E-state index is 0.510. The van der Waals surface area contributed by atoms with Crippen LogP contribution in [-0.2, 0) is 6.54 Å². The Morgan fingerprint density at radius 2 is 2.11 bits per heavy atom. The fourth-order valence-corrected chi connectivity index (χ4v) is 2.14. The van der Waals surface area contributed by atoms with Crippen LogP contribution in [0, 0.1) is 6.92 Å². The van der Waals surface area contributed by atoms with Crippen molar-refractivity contribution in [3.05, 3.63) is 23.4 Å². The van der Waals surface area contributed by atoms with Gasteiger partial charge in [0.15, 0.2) is 0 Å². The summed E-state index contributed by atoms with van der Waals surface area (Å²) in [5.41, 5.74) is 2.39. The van der Waals surface area contributed by atoms with E-state index < -0.39 is 0 Å². The molecule has 0 atom stereocenters. The second-order valence-corrected chi connectivity index (χ2v) is 5.91. The highest BCUT2D eigenvalue weighted by Crippen LogP contribution is 2.14. The molecule has 1 aromatic rings. The monoisotopic (exact) mass is 267 g/mol. The predicted molar refractivity (Wildman–Crippen MR) is 82.6 cm³/mol. The molecule has 0 radical (unpaired) electrons. The summed E-state index contributed by atoms with van der Waals surface area (Å²) in [6, 6.07) is 4.85. The van der Waals surface area contributed by atoms with Crippen LogP contribution >= 0.6 is 11.8 Å². The third-order valence-electron chi connectivity index (χ3n) is 2.74. The summed E-state index contributed by atoms with van der Waals surface area (Å²) >= 11 is 1.87. The standard InChI is InChI=1S/C14H25N3S/c1-11(2)15-10-13-8-12(3)16-14(9-13)17(4)6-7-18-5/h8-9,11,15H,6-7,10H2,1-5H3. The number of aromatic nitrogens is 1. The van der Waals surface area contributed by atoms with Gasteiger partial charge in [-0.1, -0.05) is 13.8 Å². The Hall–Kier alpha value is -0.740. The lowest BCUT2D eigenvalue weighted by molar-refractivity contribution is 0.588. The number of rotatable bonds is 7. The van der Waals surface area contributed by atoms with Crippen LogP contribution in [-0.4, -0.2) is 36.6 Å². The van der Waals surface area contributed by atoms with Gasteiger partial charge in [-0.3, -0.25) is 0 Å². The summed E-state index contributed by atoms with van der Waals surface area (Å²) in [6.45, 7) is 8.34. The molecule has 0 spiro atoms. The lowest BCUT2D eigenvalue weighted by Crippen LogP contribution is -2.24. The smallest absolute Gasteiger partial charge is 0.128 e. The van der Waals surface area contributed by atoms with Gasteiger partial charge in [-0.2, -0.15) is 11.8 Å². The van der Waals surface area contributed by atoms with Crippen molar-refractivity contribution in [3.8, 4) is 0 Å². The highest BCUT2D eigenvalue weighted by molar-refractivity contribution is 7.98. The van der Waals surface area contributed by atoms with Gasteiger partial charge in [0.25, 0.3) is 0 Å². The topological polar surface area (TPSA) is 28.2 Å². The number of hydrogen-bond donors (Lipinski definition) is 1. The molecule has 0 fully saturated rings. The number of nitrogens with one attached hydrogen (secondary N) is 1. The maximum atomic E-state index is 4.60. The summed E-state index contributed by atoms with van der Waals surface area (Å²) in [7, 11) is 2.11. The summed E-state index contributed by atoms with van der Waals surface area (Å²) < 4.78 is 0. The molecular formula is C14H25N3S. The molecule has 0 amide bonds. The van der Waals surface area contributed by atoms with Gasteiger partial charge in [-0.25, -0.2) is 4.98 Å². The zero-order chi connectivity index (χ0) is 13.5. The van der Waals surface area contributed by atoms with Gasteiger partial charge in [0.05, 0.1) is 0 Å². The van der Waals surface area contributed by atoms with Crippen LogP contribution in [0.25, 0.3) is 0 Å². The first-order valence-electron chi connectivity index (χ1n) is 6.44. The minimum atomic E-state index is 0.510. The van der Waals surface area contributed by atoms with Gasteiger partial charge < -0.3 is 10.2 Å². The fraction of sp³-hybridized carbons (Fsp3) is 0.643. The Morgan fingerprint density at radius 3 is 2.72 bits per heavy atom. The molecule has 1 aromatic heterocycles. The average Bonchev–Trinajstić information content (AvgIpc) is 2.32. The molecule has 0 aliphatic heterocycles. The van der Waals surface area contributed by atoms with Crippen LogP contribution in [0.1, 0.15) is 25.1 Å². The van der Waals surface area contributed by atoms with Gasteiger partial charge in [-0.05, 0) is 30.9 Å². The third-order valence-corrected chi connectivity index (χ3v) is 3.33. The van der Waals surface area contributed by atoms with Crippen molar-refractivity contribution < 1.29 is 0 Å². The molecule has 0 unspecified atom stereocenters. The fourth-order valence-electron chi connectivity index (χ4n) is 1.68. The first kappa shape index (κ1) is 15.3. The minimum Gasteiger partial charge on any atom is -0.359 e. The Labute approximate surface area is 115 Å². The Kier molecular flexibility index (Phi) is 6.50. The van der Waals surface area contributed by atoms with Crippen molar-refractivity contribution in [2.75, 3.05) is 30.5 Å². The van der Waals surface area contributed by atoms with E-state index >= 15 is 0 Å². The number of aryl methyl sites for hydroxylation is 1. The molecule has 102 valence electrons. The first-order valence-corrected chi connectivity index (χ1v) is 7.83. The number of pyridine rings is 1. The average molecular weight is 267 g/mol. The van der Waals surface area contributed by atoms with Crippen molar-refractivity contribution in [3.63, 3.8) is 0 Å². The summed E-state index contributed by atoms with van der Waals surface area (Å²) in [5.74, 6) is 2.20. The lowest BCUT2D eigenvalue weighted by Gasteiger charge is -2.19. The molecule has 3 nitrogen and oxygen atoms in total. The molecule has 0 aliphatic rings. The summed E-state index contributed by atoms with van der Waals surface area (Å²) in [4.78, 5) is 6.83. The number of thioether (sulfide) groups is 1. The summed E-state index contributed by atoms with van der Waals surface area (Å²) in [5, 5.41) is 3.45. The van der Waals surface area contributed by atoms with Gasteiger partial charge in [0.1, 0.15) is 5.82 Å². The molecule has 0 saturated heterocycles. The van der Waals surface area contributed by atoms with Crippen molar-refractivity contribution in [2.45, 2.75) is 33.4 Å². The molecule has 0 aliphatic carbocycles. The van der Waals surface area contributed by atoms with Crippen molar-refractivity contribution >= 4 is 17.6 Å². The van der Waals surface area contributed by atoms with Crippen molar-refractivity contribution in [2.24, 2.45) is 0 Å². The van der Waals surface area contributed by atoms with E-state index in [1.165, 1.54) is 5.56 Å². The molecule has 0 aromatic carbocycles. The third kappa shape index (κ3) is 5.27. The second-order valence-electron chi connectivity index (χ2n) is 4.92. The number of nitrogens with zero attached hydrogens (tertiary/aromatic N) is 2. The zero-order valence-corrected chi connectivity index (χ0v) is 13.0. The molecule has 4 heteroatoms. The Bertz CT molecular complexity index is 366. The van der Waals surface area contributed by atoms with Crippen molar-refractivity contribution in [1.82, 2.24) is 10.3 Å². The highest BCUT2D eigenvalue weighted by Gasteiger charge is 2.05. The Balaban J connectivity index is 2.73. The van der Waals surface area contributed by atoms with Crippen LogP contribution in [0.5, 0.6) is 0 Å². The molecule has 0 saturated carbocycles. The molecule has 18 heavy (non-hydrogen) atoms.